The van der Waals surface area contributed by atoms with E-state index in [0.717, 1.165) is 35.7 Å². The highest BCUT2D eigenvalue weighted by Gasteiger charge is 2.21. The van der Waals surface area contributed by atoms with Crippen LogP contribution in [0.2, 0.25) is 0 Å². The summed E-state index contributed by atoms with van der Waals surface area (Å²) in [6.45, 7) is 4.56. The van der Waals surface area contributed by atoms with Crippen LogP contribution < -0.4 is 10.2 Å². The number of halogens is 3. The fourth-order valence-corrected chi connectivity index (χ4v) is 4.02. The van der Waals surface area contributed by atoms with Gasteiger partial charge in [-0.3, -0.25) is 0 Å². The van der Waals surface area contributed by atoms with Crippen molar-refractivity contribution in [3.05, 3.63) is 59.7 Å². The van der Waals surface area contributed by atoms with Crippen molar-refractivity contribution in [2.24, 2.45) is 0 Å². The van der Waals surface area contributed by atoms with Crippen molar-refractivity contribution in [3.8, 4) is 0 Å². The molecule has 1 fully saturated rings. The highest BCUT2D eigenvalue weighted by Crippen LogP contribution is 2.32. The van der Waals surface area contributed by atoms with E-state index in [1.54, 1.807) is 11.4 Å². The van der Waals surface area contributed by atoms with Crippen molar-refractivity contribution in [1.29, 1.82) is 0 Å². The maximum Gasteiger partial charge on any atom is 0.266 e. The molecule has 10 heteroatoms. The second-order valence-electron chi connectivity index (χ2n) is 7.65. The summed E-state index contributed by atoms with van der Waals surface area (Å²) in [6, 6.07) is 9.36. The van der Waals surface area contributed by atoms with E-state index in [-0.39, 0.29) is 5.56 Å². The van der Waals surface area contributed by atoms with Crippen LogP contribution >= 0.6 is 0 Å². The highest BCUT2D eigenvalue weighted by molar-refractivity contribution is 5.93. The molecule has 0 aliphatic carbocycles. The quantitative estimate of drug-likeness (QED) is 0.495. The minimum absolute atomic E-state index is 0.142. The first-order valence-corrected chi connectivity index (χ1v) is 10.3. The molecule has 0 amide bonds. The van der Waals surface area contributed by atoms with Crippen molar-refractivity contribution in [1.82, 2.24) is 19.6 Å². The van der Waals surface area contributed by atoms with E-state index in [1.165, 1.54) is 18.5 Å². The normalized spacial score (nSPS) is 15.6. The summed E-state index contributed by atoms with van der Waals surface area (Å²) in [6.07, 6.45) is -1.47. The second kappa shape index (κ2) is 8.27. The number of nitrogens with one attached hydrogen (secondary N) is 1. The van der Waals surface area contributed by atoms with Crippen LogP contribution in [0, 0.1) is 5.82 Å². The minimum atomic E-state index is -2.88. The molecule has 0 spiro atoms. The number of morpholine rings is 1. The zero-order chi connectivity index (χ0) is 22.2. The summed E-state index contributed by atoms with van der Waals surface area (Å²) in [5.41, 5.74) is 1.31. The molecule has 2 aromatic carbocycles. The van der Waals surface area contributed by atoms with E-state index in [4.69, 9.17) is 4.74 Å². The Bertz CT molecular complexity index is 1270. The van der Waals surface area contributed by atoms with Gasteiger partial charge in [-0.2, -0.15) is 19.6 Å². The molecule has 166 valence electrons. The van der Waals surface area contributed by atoms with Gasteiger partial charge in [0.2, 0.25) is 0 Å². The molecule has 3 heterocycles. The Labute approximate surface area is 181 Å². The van der Waals surface area contributed by atoms with Gasteiger partial charge in [0, 0.05) is 29.7 Å². The van der Waals surface area contributed by atoms with Gasteiger partial charge in [-0.05, 0) is 25.1 Å². The molecular weight excluding hydrogens is 421 g/mol. The number of aromatic nitrogens is 4. The number of hydrogen-bond acceptors (Lipinski definition) is 6. The van der Waals surface area contributed by atoms with Gasteiger partial charge >= 0.3 is 0 Å². The van der Waals surface area contributed by atoms with E-state index in [2.05, 4.69) is 25.3 Å². The van der Waals surface area contributed by atoms with Gasteiger partial charge in [0.15, 0.2) is 0 Å². The lowest BCUT2D eigenvalue weighted by atomic mass is 10.0. The third-order valence-electron chi connectivity index (χ3n) is 5.69. The van der Waals surface area contributed by atoms with Crippen molar-refractivity contribution in [2.75, 3.05) is 36.5 Å². The molecule has 4 aromatic rings. The summed E-state index contributed by atoms with van der Waals surface area (Å²) < 4.78 is 48.1. The Morgan fingerprint density at radius 3 is 2.66 bits per heavy atom. The summed E-state index contributed by atoms with van der Waals surface area (Å²) in [5, 5.41) is 8.22. The molecule has 1 aliphatic rings. The SMILES string of the molecule is CC(Nc1nc2ncnn2c2ccc(N3CCOCC3)cc12)c1cccc(C(F)F)c1F. The van der Waals surface area contributed by atoms with Crippen molar-refractivity contribution in [3.63, 3.8) is 0 Å². The van der Waals surface area contributed by atoms with Crippen LogP contribution in [0.25, 0.3) is 16.7 Å². The Morgan fingerprint density at radius 2 is 1.88 bits per heavy atom. The summed E-state index contributed by atoms with van der Waals surface area (Å²) in [4.78, 5) is 11.0. The van der Waals surface area contributed by atoms with Crippen LogP contribution in [0.15, 0.2) is 42.7 Å². The monoisotopic (exact) mass is 442 g/mol. The Hall–Kier alpha value is -3.40. The third-order valence-corrected chi connectivity index (χ3v) is 5.69. The van der Waals surface area contributed by atoms with Gasteiger partial charge in [-0.1, -0.05) is 18.2 Å². The lowest BCUT2D eigenvalue weighted by Gasteiger charge is -2.29. The lowest BCUT2D eigenvalue weighted by Crippen LogP contribution is -2.36. The van der Waals surface area contributed by atoms with Gasteiger partial charge in [0.1, 0.15) is 18.0 Å². The van der Waals surface area contributed by atoms with E-state index in [1.807, 2.05) is 18.2 Å². The molecule has 2 aromatic heterocycles. The van der Waals surface area contributed by atoms with E-state index in [0.29, 0.717) is 24.8 Å². The molecule has 1 atom stereocenters. The number of nitrogens with zero attached hydrogens (tertiary/aromatic N) is 5. The van der Waals surface area contributed by atoms with E-state index >= 15 is 0 Å². The molecule has 1 unspecified atom stereocenters. The number of rotatable bonds is 5. The van der Waals surface area contributed by atoms with Crippen molar-refractivity contribution < 1.29 is 17.9 Å². The molecular formula is C22H21F3N6O. The topological polar surface area (TPSA) is 67.6 Å². The van der Waals surface area contributed by atoms with Gasteiger partial charge in [-0.25, -0.2) is 13.2 Å². The summed E-state index contributed by atoms with van der Waals surface area (Å²) >= 11 is 0. The molecule has 0 radical (unpaired) electrons. The lowest BCUT2D eigenvalue weighted by molar-refractivity contribution is 0.122. The summed E-state index contributed by atoms with van der Waals surface area (Å²) in [5.74, 6) is -0.0533. The van der Waals surface area contributed by atoms with Crippen LogP contribution in [0.3, 0.4) is 0 Å². The molecule has 1 N–H and O–H groups in total. The first kappa shape index (κ1) is 20.5. The van der Waals surface area contributed by atoms with Gasteiger partial charge in [0.25, 0.3) is 12.2 Å². The summed E-state index contributed by atoms with van der Waals surface area (Å²) in [7, 11) is 0. The minimum Gasteiger partial charge on any atom is -0.378 e. The molecule has 7 nitrogen and oxygen atoms in total. The van der Waals surface area contributed by atoms with Gasteiger partial charge < -0.3 is 15.0 Å². The average molecular weight is 442 g/mol. The average Bonchev–Trinajstić information content (AvgIpc) is 3.28. The molecule has 0 bridgehead atoms. The fourth-order valence-electron chi connectivity index (χ4n) is 4.02. The van der Waals surface area contributed by atoms with Crippen molar-refractivity contribution >= 4 is 28.2 Å². The maximum absolute atomic E-state index is 14.7. The molecule has 5 rings (SSSR count). The predicted molar refractivity (Wildman–Crippen MR) is 115 cm³/mol. The smallest absolute Gasteiger partial charge is 0.266 e. The van der Waals surface area contributed by atoms with Crippen LogP contribution in [0.4, 0.5) is 24.7 Å². The van der Waals surface area contributed by atoms with E-state index < -0.39 is 23.8 Å². The Morgan fingerprint density at radius 1 is 1.09 bits per heavy atom. The predicted octanol–water partition coefficient (Wildman–Crippen LogP) is 4.36. The van der Waals surface area contributed by atoms with Crippen LogP contribution in [0.5, 0.6) is 0 Å². The van der Waals surface area contributed by atoms with Gasteiger partial charge in [0.05, 0.1) is 30.3 Å². The van der Waals surface area contributed by atoms with Crippen LogP contribution in [0.1, 0.15) is 30.5 Å². The van der Waals surface area contributed by atoms with Crippen LogP contribution in [-0.4, -0.2) is 45.9 Å². The number of fused-ring (bicyclic) bond motifs is 3. The number of anilines is 2. The molecule has 32 heavy (non-hydrogen) atoms. The Balaban J connectivity index is 1.58. The molecule has 1 aliphatic heterocycles. The standard InChI is InChI=1S/C22H21F3N6O/c1-13(15-3-2-4-16(19(15)23)20(24)25)28-21-17-11-14(30-7-9-32-10-8-30)5-6-18(17)31-22(29-21)26-12-27-31/h2-6,11-13,20H,7-10H2,1H3,(H,26,27,28,29). The molecule has 1 saturated heterocycles. The second-order valence-corrected chi connectivity index (χ2v) is 7.65. The van der Waals surface area contributed by atoms with Crippen molar-refractivity contribution in [2.45, 2.75) is 19.4 Å². The number of hydrogen-bond donors (Lipinski definition) is 1. The first-order chi connectivity index (χ1) is 15.5. The molecule has 0 saturated carbocycles. The number of benzene rings is 2. The first-order valence-electron chi connectivity index (χ1n) is 10.3. The van der Waals surface area contributed by atoms with E-state index in [9.17, 15) is 13.2 Å². The highest BCUT2D eigenvalue weighted by atomic mass is 19.3. The van der Waals surface area contributed by atoms with Crippen LogP contribution in [-0.2, 0) is 4.74 Å². The zero-order valence-electron chi connectivity index (χ0n) is 17.3. The fraction of sp³-hybridized carbons (Fsp3) is 0.318. The third kappa shape index (κ3) is 3.60. The largest absolute Gasteiger partial charge is 0.378 e. The zero-order valence-corrected chi connectivity index (χ0v) is 17.3. The number of ether oxygens (including phenoxy) is 1. The number of alkyl halides is 2. The maximum atomic E-state index is 14.7. The van der Waals surface area contributed by atoms with Gasteiger partial charge in [-0.15, -0.1) is 0 Å². The Kier molecular flexibility index (Phi) is 5.30.